The zero-order valence-electron chi connectivity index (χ0n) is 11.0. The standard InChI is InChI=1S/C14H15N3O3/c1-10(14(19)20)13(18)16-12-5-2-4-11(8-12)9-17-7-3-6-15-17/h2-8,10H,9H2,1H3,(H,16,18)(H,19,20). The van der Waals surface area contributed by atoms with Crippen molar-refractivity contribution in [3.05, 3.63) is 48.3 Å². The third kappa shape index (κ3) is 3.44. The molecule has 0 saturated heterocycles. The quantitative estimate of drug-likeness (QED) is 0.810. The van der Waals surface area contributed by atoms with Gasteiger partial charge in [0.15, 0.2) is 0 Å². The summed E-state index contributed by atoms with van der Waals surface area (Å²) in [5.74, 6) is -2.76. The van der Waals surface area contributed by atoms with Crippen molar-refractivity contribution < 1.29 is 14.7 Å². The number of hydrogen-bond acceptors (Lipinski definition) is 3. The number of carbonyl (C=O) groups is 2. The molecule has 2 N–H and O–H groups in total. The molecule has 0 bridgehead atoms. The second-order valence-corrected chi connectivity index (χ2v) is 4.45. The van der Waals surface area contributed by atoms with Crippen LogP contribution >= 0.6 is 0 Å². The van der Waals surface area contributed by atoms with Crippen molar-refractivity contribution in [3.63, 3.8) is 0 Å². The summed E-state index contributed by atoms with van der Waals surface area (Å²) in [5, 5.41) is 15.5. The molecule has 2 aromatic rings. The van der Waals surface area contributed by atoms with Crippen LogP contribution in [0.25, 0.3) is 0 Å². The number of nitrogens with one attached hydrogen (secondary N) is 1. The van der Waals surface area contributed by atoms with E-state index >= 15 is 0 Å². The van der Waals surface area contributed by atoms with Gasteiger partial charge in [0.25, 0.3) is 0 Å². The van der Waals surface area contributed by atoms with Crippen LogP contribution in [0.2, 0.25) is 0 Å². The summed E-state index contributed by atoms with van der Waals surface area (Å²) in [4.78, 5) is 22.4. The van der Waals surface area contributed by atoms with E-state index in [2.05, 4.69) is 10.4 Å². The van der Waals surface area contributed by atoms with Crippen molar-refractivity contribution in [2.24, 2.45) is 5.92 Å². The van der Waals surface area contributed by atoms with E-state index in [4.69, 9.17) is 5.11 Å². The van der Waals surface area contributed by atoms with Crippen molar-refractivity contribution in [2.75, 3.05) is 5.32 Å². The van der Waals surface area contributed by atoms with Gasteiger partial charge in [0.2, 0.25) is 5.91 Å². The van der Waals surface area contributed by atoms with E-state index in [1.54, 1.807) is 29.1 Å². The van der Waals surface area contributed by atoms with E-state index in [1.165, 1.54) is 6.92 Å². The van der Waals surface area contributed by atoms with E-state index < -0.39 is 17.8 Å². The van der Waals surface area contributed by atoms with Gasteiger partial charge >= 0.3 is 5.97 Å². The van der Waals surface area contributed by atoms with Crippen molar-refractivity contribution in [1.82, 2.24) is 9.78 Å². The average Bonchev–Trinajstić information content (AvgIpc) is 2.91. The van der Waals surface area contributed by atoms with Gasteiger partial charge in [-0.1, -0.05) is 12.1 Å². The summed E-state index contributed by atoms with van der Waals surface area (Å²) < 4.78 is 1.76. The number of benzene rings is 1. The minimum Gasteiger partial charge on any atom is -0.481 e. The SMILES string of the molecule is CC(C(=O)O)C(=O)Nc1cccc(Cn2cccn2)c1. The van der Waals surface area contributed by atoms with Crippen LogP contribution in [0.4, 0.5) is 5.69 Å². The smallest absolute Gasteiger partial charge is 0.315 e. The van der Waals surface area contributed by atoms with Gasteiger partial charge in [-0.2, -0.15) is 5.10 Å². The molecule has 20 heavy (non-hydrogen) atoms. The molecule has 104 valence electrons. The Bertz CT molecular complexity index is 608. The van der Waals surface area contributed by atoms with Crippen LogP contribution in [0, 0.1) is 5.92 Å². The Kier molecular flexibility index (Phi) is 4.14. The van der Waals surface area contributed by atoms with Crippen molar-refractivity contribution in [3.8, 4) is 0 Å². The van der Waals surface area contributed by atoms with Crippen molar-refractivity contribution in [1.29, 1.82) is 0 Å². The van der Waals surface area contributed by atoms with Gasteiger partial charge in [-0.3, -0.25) is 14.3 Å². The predicted molar refractivity (Wildman–Crippen MR) is 73.2 cm³/mol. The van der Waals surface area contributed by atoms with Gasteiger partial charge < -0.3 is 10.4 Å². The van der Waals surface area contributed by atoms with Gasteiger partial charge in [0.1, 0.15) is 5.92 Å². The molecule has 0 radical (unpaired) electrons. The number of amides is 1. The average molecular weight is 273 g/mol. The molecule has 1 atom stereocenters. The van der Waals surface area contributed by atoms with Gasteiger partial charge in [-0.25, -0.2) is 0 Å². The Morgan fingerprint density at radius 3 is 2.85 bits per heavy atom. The van der Waals surface area contributed by atoms with E-state index in [9.17, 15) is 9.59 Å². The third-order valence-corrected chi connectivity index (χ3v) is 2.86. The fraction of sp³-hybridized carbons (Fsp3) is 0.214. The van der Waals surface area contributed by atoms with E-state index in [1.807, 2.05) is 18.3 Å². The Morgan fingerprint density at radius 1 is 1.40 bits per heavy atom. The topological polar surface area (TPSA) is 84.2 Å². The molecule has 2 rings (SSSR count). The first kappa shape index (κ1) is 13.8. The molecule has 1 aromatic carbocycles. The van der Waals surface area contributed by atoms with E-state index in [0.717, 1.165) is 5.56 Å². The number of aliphatic carboxylic acids is 1. The number of carbonyl (C=O) groups excluding carboxylic acids is 1. The summed E-state index contributed by atoms with van der Waals surface area (Å²) in [6.07, 6.45) is 3.54. The van der Waals surface area contributed by atoms with Crippen LogP contribution in [0.5, 0.6) is 0 Å². The van der Waals surface area contributed by atoms with Crippen LogP contribution in [0.1, 0.15) is 12.5 Å². The lowest BCUT2D eigenvalue weighted by Crippen LogP contribution is -2.26. The Balaban J connectivity index is 2.06. The van der Waals surface area contributed by atoms with Crippen LogP contribution in [-0.2, 0) is 16.1 Å². The van der Waals surface area contributed by atoms with E-state index in [0.29, 0.717) is 12.2 Å². The normalized spacial score (nSPS) is 11.8. The van der Waals surface area contributed by atoms with Gasteiger partial charge in [-0.15, -0.1) is 0 Å². The monoisotopic (exact) mass is 273 g/mol. The Hall–Kier alpha value is -2.63. The van der Waals surface area contributed by atoms with Crippen molar-refractivity contribution >= 4 is 17.6 Å². The zero-order valence-corrected chi connectivity index (χ0v) is 11.0. The van der Waals surface area contributed by atoms with Crippen LogP contribution in [-0.4, -0.2) is 26.8 Å². The third-order valence-electron chi connectivity index (χ3n) is 2.86. The highest BCUT2D eigenvalue weighted by molar-refractivity contribution is 6.03. The maximum atomic E-state index is 11.7. The van der Waals surface area contributed by atoms with E-state index in [-0.39, 0.29) is 0 Å². The maximum Gasteiger partial charge on any atom is 0.315 e. The number of anilines is 1. The van der Waals surface area contributed by atoms with Crippen molar-refractivity contribution in [2.45, 2.75) is 13.5 Å². The summed E-state index contributed by atoms with van der Waals surface area (Å²) in [6.45, 7) is 1.94. The summed E-state index contributed by atoms with van der Waals surface area (Å²) in [5.41, 5.74) is 1.54. The molecule has 6 nitrogen and oxygen atoms in total. The molecular formula is C14H15N3O3. The highest BCUT2D eigenvalue weighted by atomic mass is 16.4. The molecular weight excluding hydrogens is 258 g/mol. The Labute approximate surface area is 116 Å². The highest BCUT2D eigenvalue weighted by Crippen LogP contribution is 2.13. The molecule has 0 aliphatic heterocycles. The number of aromatic nitrogens is 2. The summed E-state index contributed by atoms with van der Waals surface area (Å²) >= 11 is 0. The summed E-state index contributed by atoms with van der Waals surface area (Å²) in [7, 11) is 0. The van der Waals surface area contributed by atoms with Gasteiger partial charge in [0.05, 0.1) is 6.54 Å². The lowest BCUT2D eigenvalue weighted by Gasteiger charge is -2.10. The Morgan fingerprint density at radius 2 is 2.20 bits per heavy atom. The number of nitrogens with zero attached hydrogens (tertiary/aromatic N) is 2. The fourth-order valence-electron chi connectivity index (χ4n) is 1.69. The second-order valence-electron chi connectivity index (χ2n) is 4.45. The predicted octanol–water partition coefficient (Wildman–Crippen LogP) is 1.59. The number of carboxylic acids is 1. The van der Waals surface area contributed by atoms with Gasteiger partial charge in [0, 0.05) is 18.1 Å². The minimum absolute atomic E-state index is 0.534. The summed E-state index contributed by atoms with van der Waals surface area (Å²) in [6, 6.07) is 9.07. The lowest BCUT2D eigenvalue weighted by atomic mass is 10.1. The first-order chi connectivity index (χ1) is 9.56. The highest BCUT2D eigenvalue weighted by Gasteiger charge is 2.20. The first-order valence-corrected chi connectivity index (χ1v) is 6.16. The molecule has 0 spiro atoms. The fourth-order valence-corrected chi connectivity index (χ4v) is 1.69. The molecule has 0 aliphatic rings. The number of hydrogen-bond donors (Lipinski definition) is 2. The minimum atomic E-state index is -1.14. The first-order valence-electron chi connectivity index (χ1n) is 6.16. The zero-order chi connectivity index (χ0) is 14.5. The lowest BCUT2D eigenvalue weighted by molar-refractivity contribution is -0.144. The molecule has 0 saturated carbocycles. The molecule has 1 aromatic heterocycles. The molecule has 1 amide bonds. The molecule has 1 heterocycles. The second kappa shape index (κ2) is 6.01. The number of carboxylic acid groups (broad SMARTS) is 1. The van der Waals surface area contributed by atoms with Gasteiger partial charge in [-0.05, 0) is 30.7 Å². The van der Waals surface area contributed by atoms with Crippen LogP contribution < -0.4 is 5.32 Å². The number of rotatable bonds is 5. The maximum absolute atomic E-state index is 11.7. The molecule has 0 fully saturated rings. The largest absolute Gasteiger partial charge is 0.481 e. The van der Waals surface area contributed by atoms with Crippen LogP contribution in [0.15, 0.2) is 42.7 Å². The molecule has 1 unspecified atom stereocenters. The van der Waals surface area contributed by atoms with Crippen LogP contribution in [0.3, 0.4) is 0 Å². The molecule has 0 aliphatic carbocycles. The molecule has 6 heteroatoms.